The van der Waals surface area contributed by atoms with Crippen molar-refractivity contribution in [1.29, 1.82) is 0 Å². The lowest BCUT2D eigenvalue weighted by atomic mass is 10.3. The van der Waals surface area contributed by atoms with Gasteiger partial charge in [-0.3, -0.25) is 0 Å². The zero-order chi connectivity index (χ0) is 10.8. The minimum Gasteiger partial charge on any atom is -0.238 e. The van der Waals surface area contributed by atoms with Crippen LogP contribution in [0.25, 0.3) is 5.69 Å². The van der Waals surface area contributed by atoms with Crippen molar-refractivity contribution >= 4 is 23.2 Å². The second kappa shape index (κ2) is 4.25. The number of aryl methyl sites for hydroxylation is 1. The first kappa shape index (κ1) is 10.5. The average molecular weight is 241 g/mol. The van der Waals surface area contributed by atoms with Crippen molar-refractivity contribution in [3.63, 3.8) is 0 Å². The third kappa shape index (κ3) is 2.16. The molecule has 0 unspecified atom stereocenters. The van der Waals surface area contributed by atoms with E-state index >= 15 is 0 Å². The van der Waals surface area contributed by atoms with E-state index in [0.29, 0.717) is 5.88 Å². The monoisotopic (exact) mass is 240 g/mol. The van der Waals surface area contributed by atoms with Gasteiger partial charge in [0.25, 0.3) is 0 Å². The summed E-state index contributed by atoms with van der Waals surface area (Å²) in [5.41, 5.74) is 2.94. The van der Waals surface area contributed by atoms with E-state index < -0.39 is 0 Å². The predicted molar refractivity (Wildman–Crippen MR) is 62.9 cm³/mol. The summed E-state index contributed by atoms with van der Waals surface area (Å²) < 4.78 is 1.86. The first-order valence-electron chi connectivity index (χ1n) is 4.58. The molecule has 4 heteroatoms. The van der Waals surface area contributed by atoms with E-state index in [9.17, 15) is 0 Å². The molecule has 2 rings (SSSR count). The summed E-state index contributed by atoms with van der Waals surface area (Å²) in [4.78, 5) is 0. The van der Waals surface area contributed by atoms with Crippen LogP contribution < -0.4 is 0 Å². The lowest BCUT2D eigenvalue weighted by molar-refractivity contribution is 0.831. The molecule has 0 saturated heterocycles. The highest BCUT2D eigenvalue weighted by molar-refractivity contribution is 6.30. The van der Waals surface area contributed by atoms with Gasteiger partial charge in [0.1, 0.15) is 0 Å². The number of alkyl halides is 1. The van der Waals surface area contributed by atoms with Gasteiger partial charge in [-0.25, -0.2) is 4.68 Å². The number of hydrogen-bond acceptors (Lipinski definition) is 1. The second-order valence-electron chi connectivity index (χ2n) is 3.30. The van der Waals surface area contributed by atoms with Crippen LogP contribution in [-0.2, 0) is 5.88 Å². The van der Waals surface area contributed by atoms with Crippen molar-refractivity contribution < 1.29 is 0 Å². The lowest BCUT2D eigenvalue weighted by Crippen LogP contribution is -1.98. The minimum atomic E-state index is 0.432. The lowest BCUT2D eigenvalue weighted by Gasteiger charge is -2.03. The van der Waals surface area contributed by atoms with Crippen molar-refractivity contribution in [1.82, 2.24) is 9.78 Å². The average Bonchev–Trinajstić information content (AvgIpc) is 2.61. The van der Waals surface area contributed by atoms with Gasteiger partial charge < -0.3 is 0 Å². The quantitative estimate of drug-likeness (QED) is 0.735. The molecule has 0 fully saturated rings. The van der Waals surface area contributed by atoms with Gasteiger partial charge in [0.05, 0.1) is 17.3 Å². The zero-order valence-corrected chi connectivity index (χ0v) is 9.76. The first-order chi connectivity index (χ1) is 7.20. The van der Waals surface area contributed by atoms with Crippen LogP contribution in [0.3, 0.4) is 0 Å². The van der Waals surface area contributed by atoms with Gasteiger partial charge >= 0.3 is 0 Å². The molecule has 78 valence electrons. The Hall–Kier alpha value is -0.990. The van der Waals surface area contributed by atoms with Crippen LogP contribution >= 0.6 is 23.2 Å². The summed E-state index contributed by atoms with van der Waals surface area (Å²) in [5.74, 6) is 0.432. The van der Waals surface area contributed by atoms with Gasteiger partial charge in [-0.1, -0.05) is 11.6 Å². The topological polar surface area (TPSA) is 17.8 Å². The number of aromatic nitrogens is 2. The van der Waals surface area contributed by atoms with Crippen molar-refractivity contribution in [2.24, 2.45) is 0 Å². The molecule has 0 bridgehead atoms. The highest BCUT2D eigenvalue weighted by Crippen LogP contribution is 2.16. The fourth-order valence-electron chi connectivity index (χ4n) is 1.45. The Labute approximate surface area is 98.4 Å². The molecule has 1 aromatic heterocycles. The Morgan fingerprint density at radius 3 is 2.47 bits per heavy atom. The SMILES string of the molecule is Cc1cc(CCl)nn1-c1ccc(Cl)cc1. The number of benzene rings is 1. The summed E-state index contributed by atoms with van der Waals surface area (Å²) >= 11 is 11.5. The molecular weight excluding hydrogens is 231 g/mol. The van der Waals surface area contributed by atoms with Gasteiger partial charge in [-0.2, -0.15) is 5.10 Å². The Morgan fingerprint density at radius 2 is 1.93 bits per heavy atom. The second-order valence-corrected chi connectivity index (χ2v) is 4.00. The fraction of sp³-hybridized carbons (Fsp3) is 0.182. The van der Waals surface area contributed by atoms with Crippen LogP contribution in [0.4, 0.5) is 0 Å². The van der Waals surface area contributed by atoms with Crippen LogP contribution in [0.2, 0.25) is 5.02 Å². The molecule has 0 spiro atoms. The van der Waals surface area contributed by atoms with E-state index in [2.05, 4.69) is 5.10 Å². The Morgan fingerprint density at radius 1 is 1.27 bits per heavy atom. The van der Waals surface area contributed by atoms with Gasteiger partial charge in [0.2, 0.25) is 0 Å². The Balaban J connectivity index is 2.44. The van der Waals surface area contributed by atoms with Crippen LogP contribution in [0, 0.1) is 6.92 Å². The minimum absolute atomic E-state index is 0.432. The Kier molecular flexibility index (Phi) is 2.98. The first-order valence-corrected chi connectivity index (χ1v) is 5.49. The summed E-state index contributed by atoms with van der Waals surface area (Å²) in [6, 6.07) is 9.53. The van der Waals surface area contributed by atoms with Gasteiger partial charge in [0.15, 0.2) is 0 Å². The van der Waals surface area contributed by atoms with Gasteiger partial charge in [-0.05, 0) is 37.3 Å². The van der Waals surface area contributed by atoms with E-state index in [1.54, 1.807) is 0 Å². The number of halogens is 2. The smallest absolute Gasteiger partial charge is 0.0779 e. The molecular formula is C11H10Cl2N2. The molecule has 0 N–H and O–H groups in total. The van der Waals surface area contributed by atoms with E-state index in [0.717, 1.165) is 22.1 Å². The predicted octanol–water partition coefficient (Wildman–Crippen LogP) is 3.57. The van der Waals surface area contributed by atoms with Crippen molar-refractivity contribution in [3.05, 3.63) is 46.7 Å². The molecule has 0 atom stereocenters. The standard InChI is InChI=1S/C11H10Cl2N2/c1-8-6-10(7-12)14-15(8)11-4-2-9(13)3-5-11/h2-6H,7H2,1H3. The van der Waals surface area contributed by atoms with Gasteiger partial charge in [0, 0.05) is 10.7 Å². The molecule has 15 heavy (non-hydrogen) atoms. The third-order valence-corrected chi connectivity index (χ3v) is 2.67. The molecule has 0 saturated carbocycles. The Bertz CT molecular complexity index is 460. The molecule has 0 radical (unpaired) electrons. The van der Waals surface area contributed by atoms with Crippen LogP contribution in [0.15, 0.2) is 30.3 Å². The van der Waals surface area contributed by atoms with E-state index in [-0.39, 0.29) is 0 Å². The fourth-order valence-corrected chi connectivity index (χ4v) is 1.70. The molecule has 0 aliphatic carbocycles. The van der Waals surface area contributed by atoms with Crippen LogP contribution in [0.5, 0.6) is 0 Å². The largest absolute Gasteiger partial charge is 0.238 e. The molecule has 0 aliphatic heterocycles. The normalized spacial score (nSPS) is 10.6. The summed E-state index contributed by atoms with van der Waals surface area (Å²) in [7, 11) is 0. The maximum absolute atomic E-state index is 5.82. The zero-order valence-electron chi connectivity index (χ0n) is 8.24. The highest BCUT2D eigenvalue weighted by atomic mass is 35.5. The number of nitrogens with zero attached hydrogens (tertiary/aromatic N) is 2. The summed E-state index contributed by atoms with van der Waals surface area (Å²) in [5, 5.41) is 5.09. The van der Waals surface area contributed by atoms with Crippen molar-refractivity contribution in [2.75, 3.05) is 0 Å². The van der Waals surface area contributed by atoms with E-state index in [1.165, 1.54) is 0 Å². The highest BCUT2D eigenvalue weighted by Gasteiger charge is 2.04. The molecule has 0 amide bonds. The van der Waals surface area contributed by atoms with Crippen LogP contribution in [0.1, 0.15) is 11.4 Å². The van der Waals surface area contributed by atoms with Gasteiger partial charge in [-0.15, -0.1) is 11.6 Å². The number of hydrogen-bond donors (Lipinski definition) is 0. The van der Waals surface area contributed by atoms with E-state index in [4.69, 9.17) is 23.2 Å². The molecule has 2 nitrogen and oxygen atoms in total. The maximum atomic E-state index is 5.82. The maximum Gasteiger partial charge on any atom is 0.0779 e. The molecule has 0 aliphatic rings. The van der Waals surface area contributed by atoms with E-state index in [1.807, 2.05) is 41.9 Å². The third-order valence-electron chi connectivity index (χ3n) is 2.15. The molecule has 1 heterocycles. The van der Waals surface area contributed by atoms with Crippen LogP contribution in [-0.4, -0.2) is 9.78 Å². The molecule has 1 aromatic carbocycles. The van der Waals surface area contributed by atoms with Crippen molar-refractivity contribution in [3.8, 4) is 5.69 Å². The summed E-state index contributed by atoms with van der Waals surface area (Å²) in [6.45, 7) is 2.00. The van der Waals surface area contributed by atoms with Crippen molar-refractivity contribution in [2.45, 2.75) is 12.8 Å². The number of rotatable bonds is 2. The summed E-state index contributed by atoms with van der Waals surface area (Å²) in [6.07, 6.45) is 0. The molecule has 2 aromatic rings.